The summed E-state index contributed by atoms with van der Waals surface area (Å²) in [5, 5.41) is 3.15. The van der Waals surface area contributed by atoms with Crippen LogP contribution in [-0.2, 0) is 6.42 Å². The molecule has 104 valence electrons. The van der Waals surface area contributed by atoms with Crippen LogP contribution in [0.5, 0.6) is 5.75 Å². The molecule has 0 saturated carbocycles. The molecule has 2 nitrogen and oxygen atoms in total. The highest BCUT2D eigenvalue weighted by Crippen LogP contribution is 2.39. The molecule has 0 saturated heterocycles. The van der Waals surface area contributed by atoms with Crippen LogP contribution in [0.2, 0.25) is 0 Å². The van der Waals surface area contributed by atoms with Gasteiger partial charge in [-0.15, -0.1) is 0 Å². The van der Waals surface area contributed by atoms with Crippen LogP contribution in [0.15, 0.2) is 36.4 Å². The first-order valence-corrected chi connectivity index (χ1v) is 6.88. The Balaban J connectivity index is 2.03. The molecular weight excluding hydrogens is 253 g/mol. The number of aryl methyl sites for hydroxylation is 1. The lowest BCUT2D eigenvalue weighted by atomic mass is 9.98. The van der Waals surface area contributed by atoms with Gasteiger partial charge in [0.2, 0.25) is 0 Å². The van der Waals surface area contributed by atoms with Gasteiger partial charge in [-0.05, 0) is 48.9 Å². The first-order valence-electron chi connectivity index (χ1n) is 6.88. The van der Waals surface area contributed by atoms with Crippen LogP contribution in [0.4, 0.5) is 4.39 Å². The predicted octanol–water partition coefficient (Wildman–Crippen LogP) is 3.32. The molecule has 0 amide bonds. The largest absolute Gasteiger partial charge is 0.488 e. The van der Waals surface area contributed by atoms with Gasteiger partial charge in [0.1, 0.15) is 17.7 Å². The average Bonchev–Trinajstić information content (AvgIpc) is 2.81. The molecule has 0 spiro atoms. The third kappa shape index (κ3) is 2.41. The molecule has 1 N–H and O–H groups in total. The fourth-order valence-electron chi connectivity index (χ4n) is 2.78. The van der Waals surface area contributed by atoms with Gasteiger partial charge in [0.15, 0.2) is 0 Å². The van der Waals surface area contributed by atoms with Crippen LogP contribution in [0.1, 0.15) is 11.1 Å². The number of hydrogen-bond donors (Lipinski definition) is 1. The predicted molar refractivity (Wildman–Crippen MR) is 78.6 cm³/mol. The third-order valence-electron chi connectivity index (χ3n) is 3.63. The summed E-state index contributed by atoms with van der Waals surface area (Å²) in [6.07, 6.45) is 1.10. The van der Waals surface area contributed by atoms with E-state index in [1.54, 1.807) is 12.1 Å². The van der Waals surface area contributed by atoms with Crippen molar-refractivity contribution in [1.29, 1.82) is 0 Å². The fraction of sp³-hybridized carbons (Fsp3) is 0.294. The molecule has 1 aliphatic heterocycles. The van der Waals surface area contributed by atoms with E-state index in [4.69, 9.17) is 4.74 Å². The second-order valence-electron chi connectivity index (χ2n) is 5.31. The molecule has 3 rings (SSSR count). The topological polar surface area (TPSA) is 21.3 Å². The van der Waals surface area contributed by atoms with Gasteiger partial charge in [0.05, 0.1) is 0 Å². The van der Waals surface area contributed by atoms with Gasteiger partial charge in [-0.1, -0.05) is 18.2 Å². The maximum Gasteiger partial charge on any atom is 0.130 e. The molecule has 0 aliphatic carbocycles. The third-order valence-corrected chi connectivity index (χ3v) is 3.63. The number of nitrogens with one attached hydrogen (secondary N) is 1. The van der Waals surface area contributed by atoms with Gasteiger partial charge in [-0.25, -0.2) is 4.39 Å². The van der Waals surface area contributed by atoms with E-state index in [1.807, 2.05) is 7.05 Å². The molecule has 3 heteroatoms. The summed E-state index contributed by atoms with van der Waals surface area (Å²) in [5.74, 6) is 0.731. The minimum Gasteiger partial charge on any atom is -0.488 e. The monoisotopic (exact) mass is 271 g/mol. The Labute approximate surface area is 118 Å². The molecule has 20 heavy (non-hydrogen) atoms. The summed E-state index contributed by atoms with van der Waals surface area (Å²) < 4.78 is 19.1. The van der Waals surface area contributed by atoms with Crippen molar-refractivity contribution in [3.8, 4) is 16.9 Å². The van der Waals surface area contributed by atoms with E-state index in [2.05, 4.69) is 24.4 Å². The van der Waals surface area contributed by atoms with Crippen molar-refractivity contribution >= 4 is 0 Å². The maximum absolute atomic E-state index is 13.1. The Bertz CT molecular complexity index is 622. The summed E-state index contributed by atoms with van der Waals surface area (Å²) in [6.45, 7) is 2.91. The van der Waals surface area contributed by atoms with Crippen molar-refractivity contribution in [2.75, 3.05) is 13.6 Å². The Morgan fingerprint density at radius 2 is 2.00 bits per heavy atom. The van der Waals surface area contributed by atoms with Crippen LogP contribution in [0, 0.1) is 12.7 Å². The van der Waals surface area contributed by atoms with E-state index in [9.17, 15) is 4.39 Å². The Hall–Kier alpha value is -1.87. The van der Waals surface area contributed by atoms with E-state index >= 15 is 0 Å². The summed E-state index contributed by atoms with van der Waals surface area (Å²) in [4.78, 5) is 0. The summed E-state index contributed by atoms with van der Waals surface area (Å²) in [7, 11) is 1.93. The smallest absolute Gasteiger partial charge is 0.130 e. The first-order chi connectivity index (χ1) is 9.67. The van der Waals surface area contributed by atoms with Gasteiger partial charge in [0.25, 0.3) is 0 Å². The molecule has 2 aromatic carbocycles. The maximum atomic E-state index is 13.1. The van der Waals surface area contributed by atoms with Crippen LogP contribution in [0.25, 0.3) is 11.1 Å². The van der Waals surface area contributed by atoms with Crippen LogP contribution < -0.4 is 10.1 Å². The van der Waals surface area contributed by atoms with Crippen molar-refractivity contribution in [2.24, 2.45) is 0 Å². The van der Waals surface area contributed by atoms with Crippen LogP contribution >= 0.6 is 0 Å². The zero-order valence-corrected chi connectivity index (χ0v) is 11.7. The highest BCUT2D eigenvalue weighted by Gasteiger charge is 2.25. The van der Waals surface area contributed by atoms with E-state index in [1.165, 1.54) is 23.3 Å². The van der Waals surface area contributed by atoms with Crippen molar-refractivity contribution in [3.63, 3.8) is 0 Å². The molecule has 0 aromatic heterocycles. The second-order valence-corrected chi connectivity index (χ2v) is 5.31. The Kier molecular flexibility index (Phi) is 3.45. The van der Waals surface area contributed by atoms with Crippen molar-refractivity contribution < 1.29 is 9.13 Å². The molecule has 0 fully saturated rings. The lowest BCUT2D eigenvalue weighted by Gasteiger charge is -2.12. The van der Waals surface area contributed by atoms with E-state index in [0.29, 0.717) is 0 Å². The lowest BCUT2D eigenvalue weighted by molar-refractivity contribution is 0.232. The van der Waals surface area contributed by atoms with Crippen molar-refractivity contribution in [3.05, 3.63) is 53.3 Å². The number of hydrogen-bond acceptors (Lipinski definition) is 2. The van der Waals surface area contributed by atoms with Crippen LogP contribution in [-0.4, -0.2) is 19.7 Å². The molecule has 0 radical (unpaired) electrons. The van der Waals surface area contributed by atoms with E-state index in [0.717, 1.165) is 29.8 Å². The number of rotatable bonds is 3. The normalized spacial score (nSPS) is 16.9. The highest BCUT2D eigenvalue weighted by atomic mass is 19.1. The van der Waals surface area contributed by atoms with Gasteiger partial charge in [0, 0.05) is 18.5 Å². The second kappa shape index (κ2) is 5.25. The van der Waals surface area contributed by atoms with Gasteiger partial charge in [-0.3, -0.25) is 0 Å². The minimum absolute atomic E-state index is 0.177. The van der Waals surface area contributed by atoms with E-state index in [-0.39, 0.29) is 11.9 Å². The number of halogens is 1. The molecule has 1 atom stereocenters. The zero-order chi connectivity index (χ0) is 14.1. The van der Waals surface area contributed by atoms with Gasteiger partial charge in [-0.2, -0.15) is 0 Å². The Morgan fingerprint density at radius 3 is 2.70 bits per heavy atom. The molecule has 1 heterocycles. The van der Waals surface area contributed by atoms with Crippen LogP contribution in [0.3, 0.4) is 0 Å². The van der Waals surface area contributed by atoms with E-state index < -0.39 is 0 Å². The fourth-order valence-corrected chi connectivity index (χ4v) is 2.78. The average molecular weight is 271 g/mol. The molecular formula is C17H18FNO. The number of benzene rings is 2. The highest BCUT2D eigenvalue weighted by molar-refractivity contribution is 5.74. The molecule has 0 bridgehead atoms. The summed E-state index contributed by atoms with van der Waals surface area (Å²) in [6, 6.07) is 10.9. The molecule has 2 aromatic rings. The Morgan fingerprint density at radius 1 is 1.25 bits per heavy atom. The number of likely N-dealkylation sites (N-methyl/N-ethyl adjacent to an activating group) is 1. The quantitative estimate of drug-likeness (QED) is 0.924. The van der Waals surface area contributed by atoms with Crippen molar-refractivity contribution in [1.82, 2.24) is 5.32 Å². The van der Waals surface area contributed by atoms with Gasteiger partial charge >= 0.3 is 0 Å². The number of ether oxygens (including phenoxy) is 1. The zero-order valence-electron chi connectivity index (χ0n) is 11.7. The number of fused-ring (bicyclic) bond motifs is 1. The van der Waals surface area contributed by atoms with Crippen molar-refractivity contribution in [2.45, 2.75) is 19.4 Å². The van der Waals surface area contributed by atoms with Gasteiger partial charge < -0.3 is 10.1 Å². The molecule has 1 unspecified atom stereocenters. The standard InChI is InChI=1S/C17H18FNO/c1-11-7-13-9-15(10-19-2)20-17(13)16(8-11)12-3-5-14(18)6-4-12/h3-8,15,19H,9-10H2,1-2H3. The summed E-state index contributed by atoms with van der Waals surface area (Å²) in [5.41, 5.74) is 4.50. The minimum atomic E-state index is -0.216. The first kappa shape index (κ1) is 13.1. The summed E-state index contributed by atoms with van der Waals surface area (Å²) >= 11 is 0. The lowest BCUT2D eigenvalue weighted by Crippen LogP contribution is -2.27. The SMILES string of the molecule is CNCC1Cc2cc(C)cc(-c3ccc(F)cc3)c2O1. The molecule has 1 aliphatic rings.